The van der Waals surface area contributed by atoms with E-state index in [-0.39, 0.29) is 12.3 Å². The zero-order valence-corrected chi connectivity index (χ0v) is 10.1. The van der Waals surface area contributed by atoms with E-state index in [9.17, 15) is 15.4 Å². The zero-order valence-electron chi connectivity index (χ0n) is 10.1. The fourth-order valence-electron chi connectivity index (χ4n) is 1.74. The van der Waals surface area contributed by atoms with Crippen LogP contribution in [0.3, 0.4) is 0 Å². The van der Waals surface area contributed by atoms with Gasteiger partial charge in [0.2, 0.25) is 0 Å². The monoisotopic (exact) mass is 249 g/mol. The van der Waals surface area contributed by atoms with Crippen LogP contribution in [0.15, 0.2) is 24.3 Å². The summed E-state index contributed by atoms with van der Waals surface area (Å²) >= 11 is 0. The Morgan fingerprint density at radius 2 is 2.11 bits per heavy atom. The van der Waals surface area contributed by atoms with Gasteiger partial charge in [0, 0.05) is 18.7 Å². The standard InChI is InChI=1S/C12H15N3O3/c1-2-14(7-8-16)12(9-13)10-3-5-11(6-4-10)15(17)18/h3-6,12,16H,2,7-8H2,1H3. The molecule has 1 rings (SSSR count). The van der Waals surface area contributed by atoms with Crippen molar-refractivity contribution in [1.29, 1.82) is 5.26 Å². The number of nitro benzene ring substituents is 1. The Morgan fingerprint density at radius 3 is 2.50 bits per heavy atom. The van der Waals surface area contributed by atoms with Gasteiger partial charge in [0.15, 0.2) is 0 Å². The minimum atomic E-state index is -0.497. The topological polar surface area (TPSA) is 90.4 Å². The number of nitriles is 1. The van der Waals surface area contributed by atoms with Crippen LogP contribution in [0.5, 0.6) is 0 Å². The first-order chi connectivity index (χ1) is 8.63. The highest BCUT2D eigenvalue weighted by molar-refractivity contribution is 5.35. The quantitative estimate of drug-likeness (QED) is 0.609. The third kappa shape index (κ3) is 3.26. The summed E-state index contributed by atoms with van der Waals surface area (Å²) in [4.78, 5) is 11.9. The summed E-state index contributed by atoms with van der Waals surface area (Å²) in [5.41, 5.74) is 0.694. The van der Waals surface area contributed by atoms with Crippen molar-refractivity contribution >= 4 is 5.69 Å². The molecule has 1 atom stereocenters. The molecule has 1 aromatic rings. The number of benzene rings is 1. The molecule has 0 amide bonds. The number of rotatable bonds is 6. The molecule has 96 valence electrons. The van der Waals surface area contributed by atoms with Crippen LogP contribution in [0.25, 0.3) is 0 Å². The predicted molar refractivity (Wildman–Crippen MR) is 65.8 cm³/mol. The molecule has 0 saturated carbocycles. The maximum absolute atomic E-state index is 10.5. The van der Waals surface area contributed by atoms with Gasteiger partial charge in [-0.25, -0.2) is 0 Å². The minimum absolute atomic E-state index is 0.000599. The highest BCUT2D eigenvalue weighted by Gasteiger charge is 2.18. The molecule has 0 aliphatic rings. The van der Waals surface area contributed by atoms with E-state index in [2.05, 4.69) is 6.07 Å². The van der Waals surface area contributed by atoms with Gasteiger partial charge in [-0.1, -0.05) is 6.92 Å². The first-order valence-electron chi connectivity index (χ1n) is 5.63. The molecule has 6 heteroatoms. The summed E-state index contributed by atoms with van der Waals surface area (Å²) in [5.74, 6) is 0. The number of hydrogen-bond acceptors (Lipinski definition) is 5. The number of nitro groups is 1. The maximum atomic E-state index is 10.5. The van der Waals surface area contributed by atoms with Crippen LogP contribution in [0.2, 0.25) is 0 Å². The molecular weight excluding hydrogens is 234 g/mol. The molecule has 0 bridgehead atoms. The molecular formula is C12H15N3O3. The van der Waals surface area contributed by atoms with Gasteiger partial charge in [-0.15, -0.1) is 0 Å². The van der Waals surface area contributed by atoms with Crippen molar-refractivity contribution in [2.45, 2.75) is 13.0 Å². The summed E-state index contributed by atoms with van der Waals surface area (Å²) in [5, 5.41) is 28.7. The summed E-state index contributed by atoms with van der Waals surface area (Å²) in [6, 6.07) is 7.56. The Morgan fingerprint density at radius 1 is 1.50 bits per heavy atom. The fraction of sp³-hybridized carbons (Fsp3) is 0.417. The first kappa shape index (κ1) is 14.1. The lowest BCUT2D eigenvalue weighted by atomic mass is 10.1. The number of aliphatic hydroxyl groups is 1. The van der Waals surface area contributed by atoms with E-state index in [1.807, 2.05) is 6.92 Å². The van der Waals surface area contributed by atoms with Crippen molar-refractivity contribution in [3.63, 3.8) is 0 Å². The Labute approximate surface area is 105 Å². The maximum Gasteiger partial charge on any atom is 0.269 e. The van der Waals surface area contributed by atoms with Gasteiger partial charge in [0.1, 0.15) is 6.04 Å². The molecule has 0 aliphatic heterocycles. The van der Waals surface area contributed by atoms with Crippen molar-refractivity contribution in [3.8, 4) is 6.07 Å². The van der Waals surface area contributed by atoms with E-state index in [4.69, 9.17) is 5.11 Å². The normalized spacial score (nSPS) is 12.1. The van der Waals surface area contributed by atoms with Gasteiger partial charge in [-0.05, 0) is 24.2 Å². The van der Waals surface area contributed by atoms with Crippen LogP contribution in [0.4, 0.5) is 5.69 Å². The molecule has 1 unspecified atom stereocenters. The zero-order chi connectivity index (χ0) is 13.5. The van der Waals surface area contributed by atoms with Crippen molar-refractivity contribution in [1.82, 2.24) is 4.90 Å². The van der Waals surface area contributed by atoms with Crippen molar-refractivity contribution in [2.24, 2.45) is 0 Å². The lowest BCUT2D eigenvalue weighted by Crippen LogP contribution is -2.30. The van der Waals surface area contributed by atoms with Gasteiger partial charge in [-0.2, -0.15) is 5.26 Å². The van der Waals surface area contributed by atoms with Crippen LogP contribution in [-0.2, 0) is 0 Å². The van der Waals surface area contributed by atoms with Crippen LogP contribution >= 0.6 is 0 Å². The fourth-order valence-corrected chi connectivity index (χ4v) is 1.74. The van der Waals surface area contributed by atoms with E-state index >= 15 is 0 Å². The molecule has 18 heavy (non-hydrogen) atoms. The van der Waals surface area contributed by atoms with Crippen LogP contribution in [0.1, 0.15) is 18.5 Å². The number of non-ortho nitro benzene ring substituents is 1. The Bertz CT molecular complexity index is 439. The van der Waals surface area contributed by atoms with E-state index in [1.54, 1.807) is 17.0 Å². The van der Waals surface area contributed by atoms with Gasteiger partial charge < -0.3 is 5.11 Å². The van der Waals surface area contributed by atoms with Gasteiger partial charge in [-0.3, -0.25) is 15.0 Å². The van der Waals surface area contributed by atoms with E-state index in [1.165, 1.54) is 12.1 Å². The SMILES string of the molecule is CCN(CCO)C(C#N)c1ccc([N+](=O)[O-])cc1. The summed E-state index contributed by atoms with van der Waals surface area (Å²) in [7, 11) is 0. The summed E-state index contributed by atoms with van der Waals surface area (Å²) in [6.45, 7) is 2.88. The second-order valence-corrected chi connectivity index (χ2v) is 3.73. The molecule has 0 fully saturated rings. The molecule has 0 radical (unpaired) electrons. The third-order valence-electron chi connectivity index (χ3n) is 2.70. The number of likely N-dealkylation sites (N-methyl/N-ethyl adjacent to an activating group) is 1. The Hall–Kier alpha value is -1.97. The molecule has 0 aromatic heterocycles. The average Bonchev–Trinajstić information content (AvgIpc) is 2.39. The van der Waals surface area contributed by atoms with Crippen LogP contribution in [0, 0.1) is 21.4 Å². The molecule has 6 nitrogen and oxygen atoms in total. The molecule has 0 saturated heterocycles. The van der Waals surface area contributed by atoms with Crippen molar-refractivity contribution in [3.05, 3.63) is 39.9 Å². The molecule has 0 aliphatic carbocycles. The third-order valence-corrected chi connectivity index (χ3v) is 2.70. The highest BCUT2D eigenvalue weighted by atomic mass is 16.6. The lowest BCUT2D eigenvalue weighted by Gasteiger charge is -2.24. The lowest BCUT2D eigenvalue weighted by molar-refractivity contribution is -0.384. The molecule has 1 N–H and O–H groups in total. The van der Waals surface area contributed by atoms with Crippen LogP contribution in [-0.4, -0.2) is 34.6 Å². The average molecular weight is 249 g/mol. The number of nitrogens with zero attached hydrogens (tertiary/aromatic N) is 3. The number of hydrogen-bond donors (Lipinski definition) is 1. The number of aliphatic hydroxyl groups excluding tert-OH is 1. The van der Waals surface area contributed by atoms with Crippen LogP contribution < -0.4 is 0 Å². The van der Waals surface area contributed by atoms with Crippen molar-refractivity contribution in [2.75, 3.05) is 19.7 Å². The van der Waals surface area contributed by atoms with E-state index in [0.717, 1.165) is 0 Å². The molecule has 0 heterocycles. The highest BCUT2D eigenvalue weighted by Crippen LogP contribution is 2.22. The van der Waals surface area contributed by atoms with E-state index < -0.39 is 11.0 Å². The minimum Gasteiger partial charge on any atom is -0.395 e. The smallest absolute Gasteiger partial charge is 0.269 e. The summed E-state index contributed by atoms with van der Waals surface area (Å²) in [6.07, 6.45) is 0. The van der Waals surface area contributed by atoms with Gasteiger partial charge in [0.05, 0.1) is 17.6 Å². The second-order valence-electron chi connectivity index (χ2n) is 3.73. The largest absolute Gasteiger partial charge is 0.395 e. The Kier molecular flexibility index (Phi) is 5.24. The van der Waals surface area contributed by atoms with E-state index in [0.29, 0.717) is 18.7 Å². The molecule has 0 spiro atoms. The summed E-state index contributed by atoms with van der Waals surface area (Å²) < 4.78 is 0. The van der Waals surface area contributed by atoms with Gasteiger partial charge in [0.25, 0.3) is 5.69 Å². The Balaban J connectivity index is 2.95. The van der Waals surface area contributed by atoms with Crippen molar-refractivity contribution < 1.29 is 10.0 Å². The predicted octanol–water partition coefficient (Wildman–Crippen LogP) is 1.47. The van der Waals surface area contributed by atoms with Gasteiger partial charge >= 0.3 is 0 Å². The second kappa shape index (κ2) is 6.69. The first-order valence-corrected chi connectivity index (χ1v) is 5.63. The molecule has 1 aromatic carbocycles.